The molecule has 18 heavy (non-hydrogen) atoms. The highest BCUT2D eigenvalue weighted by atomic mass is 35.5. The van der Waals surface area contributed by atoms with Crippen molar-refractivity contribution in [2.24, 2.45) is 0 Å². The van der Waals surface area contributed by atoms with Crippen LogP contribution >= 0.6 is 11.6 Å². The van der Waals surface area contributed by atoms with Gasteiger partial charge >= 0.3 is 0 Å². The van der Waals surface area contributed by atoms with Crippen molar-refractivity contribution >= 4 is 11.6 Å². The highest BCUT2D eigenvalue weighted by molar-refractivity contribution is 6.30. The lowest BCUT2D eigenvalue weighted by molar-refractivity contribution is 0.627. The van der Waals surface area contributed by atoms with Gasteiger partial charge in [-0.05, 0) is 38.0 Å². The van der Waals surface area contributed by atoms with E-state index in [4.69, 9.17) is 11.6 Å². The number of hydrogen-bond acceptors (Lipinski definition) is 2. The van der Waals surface area contributed by atoms with Crippen molar-refractivity contribution in [3.63, 3.8) is 0 Å². The standard InChI is InChI=1S/C14H14ClFN2/c1-4-12-9(3)13(15)18-14(17-12)11-7-10(16)6-5-8(11)2/h5-7H,4H2,1-3H3. The first-order valence-corrected chi connectivity index (χ1v) is 6.20. The minimum Gasteiger partial charge on any atom is -0.233 e. The molecular formula is C14H14ClFN2. The Labute approximate surface area is 111 Å². The third kappa shape index (κ3) is 2.36. The molecular weight excluding hydrogens is 251 g/mol. The fourth-order valence-corrected chi connectivity index (χ4v) is 2.02. The van der Waals surface area contributed by atoms with Crippen molar-refractivity contribution in [1.82, 2.24) is 9.97 Å². The average molecular weight is 265 g/mol. The SMILES string of the molecule is CCc1nc(-c2cc(F)ccc2C)nc(Cl)c1C. The summed E-state index contributed by atoms with van der Waals surface area (Å²) < 4.78 is 13.3. The maximum absolute atomic E-state index is 13.3. The lowest BCUT2D eigenvalue weighted by Gasteiger charge is -2.09. The second kappa shape index (κ2) is 5.02. The monoisotopic (exact) mass is 264 g/mol. The predicted octanol–water partition coefficient (Wildman–Crippen LogP) is 4.12. The van der Waals surface area contributed by atoms with Crippen LogP contribution in [0.4, 0.5) is 4.39 Å². The molecule has 2 nitrogen and oxygen atoms in total. The van der Waals surface area contributed by atoms with Crippen molar-refractivity contribution in [2.45, 2.75) is 27.2 Å². The molecule has 0 unspecified atom stereocenters. The number of nitrogens with zero attached hydrogens (tertiary/aromatic N) is 2. The van der Waals surface area contributed by atoms with Gasteiger partial charge in [-0.25, -0.2) is 14.4 Å². The molecule has 0 fully saturated rings. The second-order valence-corrected chi connectivity index (χ2v) is 4.58. The van der Waals surface area contributed by atoms with Crippen LogP contribution in [0.2, 0.25) is 5.15 Å². The van der Waals surface area contributed by atoms with Crippen LogP contribution < -0.4 is 0 Å². The van der Waals surface area contributed by atoms with E-state index in [2.05, 4.69) is 9.97 Å². The number of benzene rings is 1. The van der Waals surface area contributed by atoms with E-state index in [9.17, 15) is 4.39 Å². The van der Waals surface area contributed by atoms with E-state index >= 15 is 0 Å². The second-order valence-electron chi connectivity index (χ2n) is 4.22. The van der Waals surface area contributed by atoms with E-state index in [-0.39, 0.29) is 5.82 Å². The first-order valence-electron chi connectivity index (χ1n) is 5.82. The van der Waals surface area contributed by atoms with Gasteiger partial charge in [-0.2, -0.15) is 0 Å². The average Bonchev–Trinajstić information content (AvgIpc) is 2.35. The van der Waals surface area contributed by atoms with Crippen molar-refractivity contribution in [3.05, 3.63) is 46.0 Å². The topological polar surface area (TPSA) is 25.8 Å². The largest absolute Gasteiger partial charge is 0.233 e. The quantitative estimate of drug-likeness (QED) is 0.763. The van der Waals surface area contributed by atoms with Crippen LogP contribution in [0.25, 0.3) is 11.4 Å². The van der Waals surface area contributed by atoms with E-state index in [1.807, 2.05) is 20.8 Å². The number of aromatic nitrogens is 2. The molecule has 0 atom stereocenters. The molecule has 0 radical (unpaired) electrons. The minimum atomic E-state index is -0.297. The highest BCUT2D eigenvalue weighted by Crippen LogP contribution is 2.25. The fourth-order valence-electron chi connectivity index (χ4n) is 1.83. The summed E-state index contributed by atoms with van der Waals surface area (Å²) >= 11 is 6.09. The van der Waals surface area contributed by atoms with Gasteiger partial charge in [-0.1, -0.05) is 24.6 Å². The van der Waals surface area contributed by atoms with E-state index in [1.54, 1.807) is 6.07 Å². The summed E-state index contributed by atoms with van der Waals surface area (Å²) in [5.41, 5.74) is 3.40. The molecule has 94 valence electrons. The van der Waals surface area contributed by atoms with Crippen LogP contribution in [0.5, 0.6) is 0 Å². The zero-order valence-corrected chi connectivity index (χ0v) is 11.3. The summed E-state index contributed by atoms with van der Waals surface area (Å²) in [4.78, 5) is 8.70. The van der Waals surface area contributed by atoms with E-state index in [0.29, 0.717) is 16.5 Å². The molecule has 0 saturated heterocycles. The summed E-state index contributed by atoms with van der Waals surface area (Å²) in [7, 11) is 0. The van der Waals surface area contributed by atoms with Crippen LogP contribution in [0.1, 0.15) is 23.7 Å². The van der Waals surface area contributed by atoms with E-state index < -0.39 is 0 Å². The first kappa shape index (κ1) is 13.0. The molecule has 2 aromatic rings. The smallest absolute Gasteiger partial charge is 0.161 e. The normalized spacial score (nSPS) is 10.7. The Hall–Kier alpha value is -1.48. The van der Waals surface area contributed by atoms with Gasteiger partial charge in [0, 0.05) is 16.8 Å². The lowest BCUT2D eigenvalue weighted by Crippen LogP contribution is -2.00. The Bertz CT molecular complexity index is 597. The Morgan fingerprint density at radius 3 is 2.61 bits per heavy atom. The fraction of sp³-hybridized carbons (Fsp3) is 0.286. The number of hydrogen-bond donors (Lipinski definition) is 0. The third-order valence-electron chi connectivity index (χ3n) is 2.96. The zero-order valence-electron chi connectivity index (χ0n) is 10.6. The van der Waals surface area contributed by atoms with Crippen LogP contribution in [-0.2, 0) is 6.42 Å². The molecule has 0 N–H and O–H groups in total. The summed E-state index contributed by atoms with van der Waals surface area (Å²) in [5, 5.41) is 0.431. The summed E-state index contributed by atoms with van der Waals surface area (Å²) in [6.45, 7) is 5.80. The lowest BCUT2D eigenvalue weighted by atomic mass is 10.1. The zero-order chi connectivity index (χ0) is 13.3. The van der Waals surface area contributed by atoms with Gasteiger partial charge in [-0.3, -0.25) is 0 Å². The van der Waals surface area contributed by atoms with Crippen molar-refractivity contribution in [3.8, 4) is 11.4 Å². The molecule has 0 saturated carbocycles. The summed E-state index contributed by atoms with van der Waals surface area (Å²) in [5.74, 6) is 0.188. The van der Waals surface area contributed by atoms with Gasteiger partial charge < -0.3 is 0 Å². The molecule has 2 rings (SSSR count). The number of aryl methyl sites for hydroxylation is 2. The van der Waals surface area contributed by atoms with Gasteiger partial charge in [-0.15, -0.1) is 0 Å². The molecule has 4 heteroatoms. The Balaban J connectivity index is 2.64. The van der Waals surface area contributed by atoms with Crippen molar-refractivity contribution in [1.29, 1.82) is 0 Å². The molecule has 0 bridgehead atoms. The summed E-state index contributed by atoms with van der Waals surface area (Å²) in [6, 6.07) is 4.58. The predicted molar refractivity (Wildman–Crippen MR) is 71.3 cm³/mol. The molecule has 1 heterocycles. The Kier molecular flexibility index (Phi) is 3.62. The molecule has 1 aromatic carbocycles. The number of halogens is 2. The highest BCUT2D eigenvalue weighted by Gasteiger charge is 2.12. The van der Waals surface area contributed by atoms with Crippen LogP contribution in [0.3, 0.4) is 0 Å². The molecule has 0 aliphatic heterocycles. The molecule has 0 aliphatic rings. The minimum absolute atomic E-state index is 0.297. The maximum atomic E-state index is 13.3. The van der Waals surface area contributed by atoms with E-state index in [0.717, 1.165) is 23.2 Å². The van der Waals surface area contributed by atoms with Crippen LogP contribution in [-0.4, -0.2) is 9.97 Å². The molecule has 0 aliphatic carbocycles. The van der Waals surface area contributed by atoms with Gasteiger partial charge in [0.15, 0.2) is 5.82 Å². The summed E-state index contributed by atoms with van der Waals surface area (Å²) in [6.07, 6.45) is 0.773. The Morgan fingerprint density at radius 1 is 1.22 bits per heavy atom. The maximum Gasteiger partial charge on any atom is 0.161 e. The molecule has 0 spiro atoms. The van der Waals surface area contributed by atoms with Gasteiger partial charge in [0.05, 0.1) is 0 Å². The van der Waals surface area contributed by atoms with E-state index in [1.165, 1.54) is 12.1 Å². The molecule has 0 amide bonds. The van der Waals surface area contributed by atoms with Crippen LogP contribution in [0.15, 0.2) is 18.2 Å². The third-order valence-corrected chi connectivity index (χ3v) is 3.33. The van der Waals surface area contributed by atoms with Gasteiger partial charge in [0.2, 0.25) is 0 Å². The van der Waals surface area contributed by atoms with Crippen molar-refractivity contribution in [2.75, 3.05) is 0 Å². The van der Waals surface area contributed by atoms with Crippen LogP contribution in [0, 0.1) is 19.7 Å². The number of rotatable bonds is 2. The first-order chi connectivity index (χ1) is 8.52. The Morgan fingerprint density at radius 2 is 1.94 bits per heavy atom. The van der Waals surface area contributed by atoms with Gasteiger partial charge in [0.1, 0.15) is 11.0 Å². The van der Waals surface area contributed by atoms with Gasteiger partial charge in [0.25, 0.3) is 0 Å². The molecule has 1 aromatic heterocycles. The van der Waals surface area contributed by atoms with Crippen molar-refractivity contribution < 1.29 is 4.39 Å².